The summed E-state index contributed by atoms with van der Waals surface area (Å²) in [5.41, 5.74) is 2.49. The molecule has 8 nitrogen and oxygen atoms in total. The lowest BCUT2D eigenvalue weighted by Crippen LogP contribution is -2.31. The Morgan fingerprint density at radius 2 is 1.74 bits per heavy atom. The average molecular weight is 436 g/mol. The van der Waals surface area contributed by atoms with Crippen LogP contribution >= 0.6 is 11.6 Å². The van der Waals surface area contributed by atoms with Crippen LogP contribution < -0.4 is 10.9 Å². The van der Waals surface area contributed by atoms with Crippen molar-refractivity contribution in [3.05, 3.63) is 87.5 Å². The van der Waals surface area contributed by atoms with Crippen LogP contribution in [0.4, 0.5) is 0 Å². The van der Waals surface area contributed by atoms with Crippen molar-refractivity contribution in [2.24, 2.45) is 0 Å². The van der Waals surface area contributed by atoms with Crippen molar-refractivity contribution in [1.82, 2.24) is 25.2 Å². The van der Waals surface area contributed by atoms with E-state index >= 15 is 0 Å². The molecule has 0 atom stereocenters. The summed E-state index contributed by atoms with van der Waals surface area (Å²) < 4.78 is 6.29. The first-order chi connectivity index (χ1) is 15.0. The Morgan fingerprint density at radius 1 is 1.03 bits per heavy atom. The molecule has 0 saturated heterocycles. The third-order valence-electron chi connectivity index (χ3n) is 4.55. The van der Waals surface area contributed by atoms with E-state index < -0.39 is 0 Å². The molecule has 2 heterocycles. The minimum absolute atomic E-state index is 0.242. The number of hydrogen-bond acceptors (Lipinski definition) is 6. The lowest BCUT2D eigenvalue weighted by Gasteiger charge is -2.09. The molecule has 156 valence electrons. The summed E-state index contributed by atoms with van der Waals surface area (Å²) in [7, 11) is 0. The van der Waals surface area contributed by atoms with E-state index in [0.717, 1.165) is 11.1 Å². The van der Waals surface area contributed by atoms with Gasteiger partial charge in [-0.15, -0.1) is 0 Å². The monoisotopic (exact) mass is 435 g/mol. The Bertz CT molecular complexity index is 1260. The van der Waals surface area contributed by atoms with Gasteiger partial charge in [0.1, 0.15) is 0 Å². The normalized spacial score (nSPS) is 10.8. The van der Waals surface area contributed by atoms with Crippen LogP contribution in [-0.4, -0.2) is 32.4 Å². The molecular weight excluding hydrogens is 418 g/mol. The summed E-state index contributed by atoms with van der Waals surface area (Å²) in [5, 5.41) is 11.7. The molecule has 0 aliphatic carbocycles. The maximum atomic E-state index is 12.4. The molecule has 31 heavy (non-hydrogen) atoms. The highest BCUT2D eigenvalue weighted by molar-refractivity contribution is 6.30. The summed E-state index contributed by atoms with van der Waals surface area (Å²) in [4.78, 5) is 28.7. The van der Waals surface area contributed by atoms with Gasteiger partial charge in [-0.3, -0.25) is 9.59 Å². The first-order valence-corrected chi connectivity index (χ1v) is 9.90. The van der Waals surface area contributed by atoms with Gasteiger partial charge in [-0.05, 0) is 30.3 Å². The summed E-state index contributed by atoms with van der Waals surface area (Å²) in [6, 6.07) is 17.2. The van der Waals surface area contributed by atoms with Crippen LogP contribution in [0, 0.1) is 6.92 Å². The number of nitrogens with zero attached hydrogens (tertiary/aromatic N) is 4. The van der Waals surface area contributed by atoms with Gasteiger partial charge < -0.3 is 9.84 Å². The van der Waals surface area contributed by atoms with Gasteiger partial charge in [-0.2, -0.15) is 10.1 Å². The molecule has 0 aliphatic heterocycles. The highest BCUT2D eigenvalue weighted by atomic mass is 35.5. The fourth-order valence-corrected chi connectivity index (χ4v) is 3.07. The second kappa shape index (κ2) is 8.93. The van der Waals surface area contributed by atoms with E-state index in [1.165, 1.54) is 10.7 Å². The molecule has 2 aromatic carbocycles. The van der Waals surface area contributed by atoms with Gasteiger partial charge in [0, 0.05) is 41.2 Å². The van der Waals surface area contributed by atoms with E-state index in [-0.39, 0.29) is 24.6 Å². The number of aryl methyl sites for hydroxylation is 1. The third kappa shape index (κ3) is 4.87. The fraction of sp³-hybridized carbons (Fsp3) is 0.136. The minimum Gasteiger partial charge on any atom is -0.350 e. The Balaban J connectivity index is 1.38. The number of hydrogen-bond donors (Lipinski definition) is 1. The van der Waals surface area contributed by atoms with Crippen molar-refractivity contribution < 1.29 is 9.32 Å². The quantitative estimate of drug-likeness (QED) is 0.498. The number of halogens is 1. The van der Waals surface area contributed by atoms with Gasteiger partial charge in [0.05, 0.1) is 12.2 Å². The first-order valence-electron chi connectivity index (χ1n) is 9.53. The number of rotatable bonds is 6. The Hall–Kier alpha value is -3.78. The van der Waals surface area contributed by atoms with Crippen LogP contribution in [0.3, 0.4) is 0 Å². The van der Waals surface area contributed by atoms with Crippen LogP contribution in [0.25, 0.3) is 22.6 Å². The Kier molecular flexibility index (Phi) is 5.90. The molecule has 2 aromatic heterocycles. The number of aromatic nitrogens is 4. The average Bonchev–Trinajstić information content (AvgIpc) is 3.22. The van der Waals surface area contributed by atoms with E-state index in [1.54, 1.807) is 49.4 Å². The number of carbonyl (C=O) groups excluding carboxylic acids is 1. The van der Waals surface area contributed by atoms with E-state index in [1.807, 2.05) is 12.1 Å². The molecular formula is C22H18ClN5O3. The van der Waals surface area contributed by atoms with E-state index in [4.69, 9.17) is 16.1 Å². The summed E-state index contributed by atoms with van der Waals surface area (Å²) in [6.45, 7) is 2.21. The molecule has 9 heteroatoms. The van der Waals surface area contributed by atoms with Crippen molar-refractivity contribution in [1.29, 1.82) is 0 Å². The predicted octanol–water partition coefficient (Wildman–Crippen LogP) is 3.35. The number of benzene rings is 2. The summed E-state index contributed by atoms with van der Waals surface area (Å²) in [5.74, 6) is 0.689. The van der Waals surface area contributed by atoms with Crippen molar-refractivity contribution in [3.8, 4) is 22.6 Å². The van der Waals surface area contributed by atoms with Gasteiger partial charge in [-0.1, -0.05) is 41.0 Å². The summed E-state index contributed by atoms with van der Waals surface area (Å²) >= 11 is 5.92. The van der Waals surface area contributed by atoms with Crippen molar-refractivity contribution in [2.45, 2.75) is 13.5 Å². The molecule has 1 N–H and O–H groups in total. The minimum atomic E-state index is -0.252. The molecule has 0 bridgehead atoms. The molecule has 0 spiro atoms. The highest BCUT2D eigenvalue weighted by Crippen LogP contribution is 2.18. The predicted molar refractivity (Wildman–Crippen MR) is 116 cm³/mol. The zero-order valence-corrected chi connectivity index (χ0v) is 17.3. The topological polar surface area (TPSA) is 103 Å². The van der Waals surface area contributed by atoms with Crippen LogP contribution in [-0.2, 0) is 6.54 Å². The Labute approximate surface area is 182 Å². The maximum Gasteiger partial charge on any atom is 0.266 e. The van der Waals surface area contributed by atoms with Gasteiger partial charge >= 0.3 is 0 Å². The van der Waals surface area contributed by atoms with Crippen LogP contribution in [0.15, 0.2) is 70.0 Å². The van der Waals surface area contributed by atoms with Gasteiger partial charge in [0.2, 0.25) is 11.7 Å². The SMILES string of the molecule is Cc1nc(-c2ccc(C(=O)NCCn3nc(-c4ccc(Cl)cc4)ccc3=O)cc2)no1. The highest BCUT2D eigenvalue weighted by Gasteiger charge is 2.09. The van der Waals surface area contributed by atoms with E-state index in [9.17, 15) is 9.59 Å². The third-order valence-corrected chi connectivity index (χ3v) is 4.80. The van der Waals surface area contributed by atoms with E-state index in [2.05, 4.69) is 20.6 Å². The van der Waals surface area contributed by atoms with Crippen molar-refractivity contribution >= 4 is 17.5 Å². The molecule has 0 aliphatic rings. The molecule has 0 saturated carbocycles. The second-order valence-corrected chi connectivity index (χ2v) is 7.19. The van der Waals surface area contributed by atoms with Crippen molar-refractivity contribution in [2.75, 3.05) is 6.54 Å². The van der Waals surface area contributed by atoms with Crippen LogP contribution in [0.5, 0.6) is 0 Å². The zero-order chi connectivity index (χ0) is 21.8. The smallest absolute Gasteiger partial charge is 0.266 e. The molecule has 1 amide bonds. The van der Waals surface area contributed by atoms with Crippen LogP contribution in [0.1, 0.15) is 16.2 Å². The van der Waals surface area contributed by atoms with Gasteiger partial charge in [0.15, 0.2) is 0 Å². The lowest BCUT2D eigenvalue weighted by molar-refractivity contribution is 0.0952. The van der Waals surface area contributed by atoms with E-state index in [0.29, 0.717) is 28.0 Å². The molecule has 4 aromatic rings. The molecule has 0 unspecified atom stereocenters. The Morgan fingerprint density at radius 3 is 2.42 bits per heavy atom. The number of nitrogens with one attached hydrogen (secondary N) is 1. The molecule has 0 radical (unpaired) electrons. The first kappa shape index (κ1) is 20.5. The van der Waals surface area contributed by atoms with Gasteiger partial charge in [0.25, 0.3) is 11.5 Å². The van der Waals surface area contributed by atoms with Gasteiger partial charge in [-0.25, -0.2) is 4.68 Å². The number of carbonyl (C=O) groups is 1. The summed E-state index contributed by atoms with van der Waals surface area (Å²) in [6.07, 6.45) is 0. The second-order valence-electron chi connectivity index (χ2n) is 6.76. The van der Waals surface area contributed by atoms with Crippen molar-refractivity contribution in [3.63, 3.8) is 0 Å². The largest absolute Gasteiger partial charge is 0.350 e. The maximum absolute atomic E-state index is 12.4. The van der Waals surface area contributed by atoms with Crippen LogP contribution in [0.2, 0.25) is 5.02 Å². The number of amides is 1. The zero-order valence-electron chi connectivity index (χ0n) is 16.6. The standard InChI is InChI=1S/C22H18ClN5O3/c1-14-25-21(27-31-14)16-2-4-17(5-3-16)22(30)24-12-13-28-20(29)11-10-19(26-28)15-6-8-18(23)9-7-15/h2-11H,12-13H2,1H3,(H,24,30). The lowest BCUT2D eigenvalue weighted by atomic mass is 10.1. The molecule has 4 rings (SSSR count). The molecule has 0 fully saturated rings. The fourth-order valence-electron chi connectivity index (χ4n) is 2.95.